The van der Waals surface area contributed by atoms with Gasteiger partial charge in [0.05, 0.1) is 53.2 Å². The third-order valence-corrected chi connectivity index (χ3v) is 10.5. The predicted octanol–water partition coefficient (Wildman–Crippen LogP) is 3.80. The van der Waals surface area contributed by atoms with E-state index in [4.69, 9.17) is 23.7 Å². The molecule has 6 rings (SSSR count). The number of aliphatic hydroxyl groups excluding tert-OH is 1. The topological polar surface area (TPSA) is 166 Å². The summed E-state index contributed by atoms with van der Waals surface area (Å²) < 4.78 is 28.2. The second-order valence-corrected chi connectivity index (χ2v) is 12.6. The number of methoxy groups -OCH3 is 4. The fourth-order valence-corrected chi connectivity index (χ4v) is 8.40. The smallest absolute Gasteiger partial charge is 0.412 e. The first-order chi connectivity index (χ1) is 23.6. The van der Waals surface area contributed by atoms with Crippen molar-refractivity contribution in [3.63, 3.8) is 0 Å². The normalized spacial score (nSPS) is 22.6. The molecule has 3 heterocycles. The third-order valence-electron chi connectivity index (χ3n) is 10.5. The highest BCUT2D eigenvalue weighted by atomic mass is 16.6. The minimum atomic E-state index is -0.752. The average molecular weight is 675 g/mol. The zero-order valence-electron chi connectivity index (χ0n) is 28.7. The van der Waals surface area contributed by atoms with Gasteiger partial charge in [-0.15, -0.1) is 0 Å². The fraction of sp³-hybridized carbons (Fsp3) is 0.444. The molecule has 2 bridgehead atoms. The van der Waals surface area contributed by atoms with Crippen molar-refractivity contribution in [3.8, 4) is 46.3 Å². The number of hydrogen-bond acceptors (Lipinski definition) is 12. The number of benzene rings is 3. The molecule has 0 radical (unpaired) electrons. The van der Waals surface area contributed by atoms with Gasteiger partial charge in [0.15, 0.2) is 11.5 Å². The third kappa shape index (κ3) is 5.22. The number of carbonyl (C=O) groups is 1. The molecule has 1 amide bonds. The molecule has 0 aromatic heterocycles. The molecule has 0 spiro atoms. The minimum absolute atomic E-state index is 0.00613. The fourth-order valence-electron chi connectivity index (χ4n) is 8.40. The van der Waals surface area contributed by atoms with Crippen LogP contribution in [0, 0.1) is 25.2 Å². The number of rotatable bonds is 8. The summed E-state index contributed by atoms with van der Waals surface area (Å²) in [7, 11) is 8.11. The van der Waals surface area contributed by atoms with Crippen LogP contribution in [0.15, 0.2) is 24.3 Å². The van der Waals surface area contributed by atoms with E-state index < -0.39 is 36.9 Å². The maximum absolute atomic E-state index is 13.2. The Morgan fingerprint density at radius 3 is 2.06 bits per heavy atom. The Labute approximate surface area is 285 Å². The highest BCUT2D eigenvalue weighted by Crippen LogP contribution is 2.58. The van der Waals surface area contributed by atoms with Crippen LogP contribution in [0.5, 0.6) is 40.2 Å². The summed E-state index contributed by atoms with van der Waals surface area (Å²) in [5.41, 5.74) is 4.16. The standard InChI is InChI=1S/C36H42N4O9/c1-17-23(16-41)31(42)28-21(33(17)46-5)13-25-30-29-22(34(47-6)18(2)35(48-7)32(29)43)12-24(39(30)3)26(14-37)40(25)27(28)15-38-36(44)49-20-10-8-19(45-4)9-11-20/h8-11,24-27,30,41-43H,12-13,15-16H2,1-7H3,(H,38,44)/t24-,25-,26-,27-,30+/m0/s1. The highest BCUT2D eigenvalue weighted by Gasteiger charge is 2.57. The molecule has 3 aliphatic heterocycles. The molecule has 49 heavy (non-hydrogen) atoms. The van der Waals surface area contributed by atoms with E-state index in [2.05, 4.69) is 16.3 Å². The number of phenols is 2. The summed E-state index contributed by atoms with van der Waals surface area (Å²) in [5.74, 6) is 2.22. The Bertz CT molecular complexity index is 1820. The van der Waals surface area contributed by atoms with Crippen molar-refractivity contribution in [2.45, 2.75) is 63.5 Å². The summed E-state index contributed by atoms with van der Waals surface area (Å²) in [4.78, 5) is 17.4. The first-order valence-corrected chi connectivity index (χ1v) is 16.0. The van der Waals surface area contributed by atoms with Crippen LogP contribution < -0.4 is 29.0 Å². The first-order valence-electron chi connectivity index (χ1n) is 16.0. The largest absolute Gasteiger partial charge is 0.507 e. The SMILES string of the molecule is COc1ccc(OC(=O)NC[C@H]2c3c(O)c(CO)c(C)c(OC)c3C[C@H]3[C@@H]4c5c(O)c(OC)c(C)c(OC)c5C[C@@H]([C@H](C#N)N23)N4C)cc1. The van der Waals surface area contributed by atoms with Crippen molar-refractivity contribution in [2.24, 2.45) is 0 Å². The molecule has 0 aliphatic carbocycles. The number of carbonyl (C=O) groups excluding carboxylic acids is 1. The summed E-state index contributed by atoms with van der Waals surface area (Å²) in [5, 5.41) is 47.6. The van der Waals surface area contributed by atoms with Gasteiger partial charge in [0.2, 0.25) is 0 Å². The van der Waals surface area contributed by atoms with Crippen molar-refractivity contribution in [2.75, 3.05) is 42.0 Å². The van der Waals surface area contributed by atoms with E-state index in [-0.39, 0.29) is 24.1 Å². The summed E-state index contributed by atoms with van der Waals surface area (Å²) in [6, 6.07) is 6.39. The van der Waals surface area contributed by atoms with Crippen molar-refractivity contribution >= 4 is 6.09 Å². The van der Waals surface area contributed by atoms with E-state index in [0.29, 0.717) is 75.0 Å². The lowest BCUT2D eigenvalue weighted by Crippen LogP contribution is -2.68. The second-order valence-electron chi connectivity index (χ2n) is 12.6. The molecule has 3 aliphatic rings. The molecule has 0 saturated carbocycles. The lowest BCUT2D eigenvalue weighted by molar-refractivity contribution is -0.0725. The van der Waals surface area contributed by atoms with Crippen LogP contribution >= 0.6 is 0 Å². The number of ether oxygens (including phenoxy) is 5. The Kier molecular flexibility index (Phi) is 9.15. The molecule has 5 atom stereocenters. The van der Waals surface area contributed by atoms with Crippen LogP contribution in [0.4, 0.5) is 4.79 Å². The van der Waals surface area contributed by atoms with Gasteiger partial charge in [-0.05, 0) is 58.0 Å². The number of amides is 1. The van der Waals surface area contributed by atoms with Crippen molar-refractivity contribution in [3.05, 3.63) is 63.2 Å². The van der Waals surface area contributed by atoms with Gasteiger partial charge < -0.3 is 44.3 Å². The number of phenolic OH excluding ortho intramolecular Hbond substituents is 1. The van der Waals surface area contributed by atoms with E-state index >= 15 is 0 Å². The van der Waals surface area contributed by atoms with Crippen LogP contribution in [-0.2, 0) is 19.4 Å². The average Bonchev–Trinajstić information content (AvgIpc) is 3.08. The minimum Gasteiger partial charge on any atom is -0.507 e. The van der Waals surface area contributed by atoms with E-state index in [1.165, 1.54) is 14.2 Å². The number of fused-ring (bicyclic) bond motifs is 7. The second kappa shape index (κ2) is 13.2. The van der Waals surface area contributed by atoms with Gasteiger partial charge >= 0.3 is 6.09 Å². The lowest BCUT2D eigenvalue weighted by Gasteiger charge is -2.60. The molecule has 0 unspecified atom stereocenters. The number of piperazine rings is 1. The van der Waals surface area contributed by atoms with Crippen LogP contribution in [0.1, 0.15) is 51.0 Å². The number of nitrogens with one attached hydrogen (secondary N) is 1. The van der Waals surface area contributed by atoms with Gasteiger partial charge in [0.1, 0.15) is 34.8 Å². The quantitative estimate of drug-likeness (QED) is 0.274. The molecule has 13 heteroatoms. The summed E-state index contributed by atoms with van der Waals surface area (Å²) >= 11 is 0. The molecule has 260 valence electrons. The summed E-state index contributed by atoms with van der Waals surface area (Å²) in [6.07, 6.45) is -0.0170. The first kappa shape index (κ1) is 34.0. The van der Waals surface area contributed by atoms with Crippen molar-refractivity contribution in [1.82, 2.24) is 15.1 Å². The zero-order chi connectivity index (χ0) is 35.3. The van der Waals surface area contributed by atoms with Crippen LogP contribution in [0.25, 0.3) is 0 Å². The molecule has 1 fully saturated rings. The Balaban J connectivity index is 1.51. The number of hydrogen-bond donors (Lipinski definition) is 4. The van der Waals surface area contributed by atoms with E-state index in [9.17, 15) is 25.4 Å². The van der Waals surface area contributed by atoms with Gasteiger partial charge in [-0.25, -0.2) is 4.79 Å². The Morgan fingerprint density at radius 2 is 1.47 bits per heavy atom. The van der Waals surface area contributed by atoms with Crippen molar-refractivity contribution in [1.29, 1.82) is 5.26 Å². The van der Waals surface area contributed by atoms with Crippen molar-refractivity contribution < 1.29 is 43.8 Å². The molecule has 3 aromatic rings. The predicted molar refractivity (Wildman–Crippen MR) is 178 cm³/mol. The Morgan fingerprint density at radius 1 is 0.878 bits per heavy atom. The molecule has 1 saturated heterocycles. The number of aromatic hydroxyl groups is 2. The lowest BCUT2D eigenvalue weighted by atomic mass is 9.71. The van der Waals surface area contributed by atoms with Gasteiger partial charge in [0, 0.05) is 57.6 Å². The monoisotopic (exact) mass is 674 g/mol. The van der Waals surface area contributed by atoms with E-state index in [1.807, 2.05) is 18.9 Å². The van der Waals surface area contributed by atoms with Crippen LogP contribution in [0.2, 0.25) is 0 Å². The molecule has 4 N–H and O–H groups in total. The van der Waals surface area contributed by atoms with Crippen LogP contribution in [0.3, 0.4) is 0 Å². The number of nitrogens with zero attached hydrogens (tertiary/aromatic N) is 3. The van der Waals surface area contributed by atoms with Gasteiger partial charge in [0.25, 0.3) is 0 Å². The number of aliphatic hydroxyl groups is 1. The number of likely N-dealkylation sites (N-methyl/N-ethyl adjacent to an activating group) is 1. The Hall–Kier alpha value is -4.90. The van der Waals surface area contributed by atoms with E-state index in [0.717, 1.165) is 5.56 Å². The molecular weight excluding hydrogens is 632 g/mol. The van der Waals surface area contributed by atoms with Crippen LogP contribution in [-0.4, -0.2) is 91.4 Å². The molecule has 13 nitrogen and oxygen atoms in total. The van der Waals surface area contributed by atoms with E-state index in [1.54, 1.807) is 45.4 Å². The molecular formula is C36H42N4O9. The van der Waals surface area contributed by atoms with Gasteiger partial charge in [-0.1, -0.05) is 0 Å². The van der Waals surface area contributed by atoms with Gasteiger partial charge in [-0.3, -0.25) is 9.80 Å². The maximum atomic E-state index is 13.2. The van der Waals surface area contributed by atoms with Gasteiger partial charge in [-0.2, -0.15) is 5.26 Å². The zero-order valence-corrected chi connectivity index (χ0v) is 28.7. The maximum Gasteiger partial charge on any atom is 0.412 e. The summed E-state index contributed by atoms with van der Waals surface area (Å²) in [6.45, 7) is 3.11. The molecule has 3 aromatic carbocycles. The highest BCUT2D eigenvalue weighted by molar-refractivity contribution is 5.71. The number of nitriles is 1.